The number of aromatic nitrogens is 3. The molecule has 3 rings (SSSR count). The lowest BCUT2D eigenvalue weighted by Crippen LogP contribution is -2.21. The van der Waals surface area contributed by atoms with Gasteiger partial charge in [-0.3, -0.25) is 0 Å². The van der Waals surface area contributed by atoms with Gasteiger partial charge in [0.15, 0.2) is 5.82 Å². The average Bonchev–Trinajstić information content (AvgIpc) is 3.02. The van der Waals surface area contributed by atoms with Gasteiger partial charge in [-0.2, -0.15) is 15.0 Å². The van der Waals surface area contributed by atoms with Gasteiger partial charge in [-0.1, -0.05) is 6.07 Å². The van der Waals surface area contributed by atoms with E-state index in [1.54, 1.807) is 11.3 Å². The van der Waals surface area contributed by atoms with Gasteiger partial charge in [-0.25, -0.2) is 0 Å². The van der Waals surface area contributed by atoms with Crippen molar-refractivity contribution >= 4 is 23.2 Å². The predicted molar refractivity (Wildman–Crippen MR) is 69.0 cm³/mol. The van der Waals surface area contributed by atoms with E-state index < -0.39 is 0 Å². The molecule has 3 heterocycles. The zero-order valence-electron chi connectivity index (χ0n) is 9.33. The van der Waals surface area contributed by atoms with Gasteiger partial charge >= 0.3 is 0 Å². The van der Waals surface area contributed by atoms with Gasteiger partial charge in [-0.05, 0) is 24.3 Å². The second kappa shape index (κ2) is 4.29. The molecule has 2 aromatic heterocycles. The number of hydrogen-bond acceptors (Lipinski definition) is 6. The van der Waals surface area contributed by atoms with Crippen LogP contribution in [0.15, 0.2) is 17.5 Å². The van der Waals surface area contributed by atoms with Crippen molar-refractivity contribution in [2.24, 2.45) is 0 Å². The van der Waals surface area contributed by atoms with Gasteiger partial charge in [0.25, 0.3) is 0 Å². The molecular formula is C11H13N5S. The highest BCUT2D eigenvalue weighted by Gasteiger charge is 2.17. The van der Waals surface area contributed by atoms with E-state index in [1.807, 2.05) is 17.5 Å². The molecule has 1 fully saturated rings. The second-order valence-corrected chi connectivity index (χ2v) is 4.94. The molecule has 0 unspecified atom stereocenters. The maximum absolute atomic E-state index is 5.75. The first-order chi connectivity index (χ1) is 8.33. The number of hydrogen-bond donors (Lipinski definition) is 1. The first-order valence-corrected chi connectivity index (χ1v) is 6.51. The molecule has 5 nitrogen and oxygen atoms in total. The normalized spacial score (nSPS) is 15.4. The highest BCUT2D eigenvalue weighted by atomic mass is 32.1. The first kappa shape index (κ1) is 10.5. The Morgan fingerprint density at radius 1 is 1.18 bits per heavy atom. The molecule has 2 aromatic rings. The van der Waals surface area contributed by atoms with E-state index in [2.05, 4.69) is 19.9 Å². The summed E-state index contributed by atoms with van der Waals surface area (Å²) in [4.78, 5) is 16.1. The molecule has 1 aliphatic heterocycles. The second-order valence-electron chi connectivity index (χ2n) is 3.99. The van der Waals surface area contributed by atoms with Crippen molar-refractivity contribution in [2.45, 2.75) is 12.8 Å². The van der Waals surface area contributed by atoms with Gasteiger partial charge in [0.2, 0.25) is 11.9 Å². The van der Waals surface area contributed by atoms with Crippen LogP contribution in [0.5, 0.6) is 0 Å². The van der Waals surface area contributed by atoms with E-state index >= 15 is 0 Å². The zero-order chi connectivity index (χ0) is 11.7. The Labute approximate surface area is 103 Å². The molecule has 0 aliphatic carbocycles. The summed E-state index contributed by atoms with van der Waals surface area (Å²) < 4.78 is 0. The molecule has 0 radical (unpaired) electrons. The number of anilines is 2. The maximum atomic E-state index is 5.75. The summed E-state index contributed by atoms with van der Waals surface area (Å²) in [6, 6.07) is 3.97. The first-order valence-electron chi connectivity index (χ1n) is 5.63. The minimum Gasteiger partial charge on any atom is -0.368 e. The smallest absolute Gasteiger partial charge is 0.230 e. The van der Waals surface area contributed by atoms with E-state index in [1.165, 1.54) is 12.8 Å². The molecule has 1 aliphatic rings. The number of nitrogens with two attached hydrogens (primary N) is 1. The fourth-order valence-electron chi connectivity index (χ4n) is 1.96. The molecule has 17 heavy (non-hydrogen) atoms. The van der Waals surface area contributed by atoms with Gasteiger partial charge in [0, 0.05) is 13.1 Å². The quantitative estimate of drug-likeness (QED) is 0.876. The van der Waals surface area contributed by atoms with Gasteiger partial charge in [0.05, 0.1) is 4.88 Å². The molecule has 0 amide bonds. The zero-order valence-corrected chi connectivity index (χ0v) is 10.2. The standard InChI is InChI=1S/C11H13N5S/c12-10-13-9(8-4-3-7-17-8)14-11(15-10)16-5-1-2-6-16/h3-4,7H,1-2,5-6H2,(H2,12,13,14,15). The van der Waals surface area contributed by atoms with E-state index in [9.17, 15) is 0 Å². The summed E-state index contributed by atoms with van der Waals surface area (Å²) in [6.07, 6.45) is 2.39. The Morgan fingerprint density at radius 3 is 2.71 bits per heavy atom. The van der Waals surface area contributed by atoms with Gasteiger partial charge in [0.1, 0.15) is 0 Å². The summed E-state index contributed by atoms with van der Waals surface area (Å²) in [5.74, 6) is 1.68. The molecular weight excluding hydrogens is 234 g/mol. The van der Waals surface area contributed by atoms with Crippen molar-refractivity contribution < 1.29 is 0 Å². The fourth-order valence-corrected chi connectivity index (χ4v) is 2.61. The summed E-state index contributed by atoms with van der Waals surface area (Å²) in [7, 11) is 0. The van der Waals surface area contributed by atoms with Crippen molar-refractivity contribution in [2.75, 3.05) is 23.7 Å². The van der Waals surface area contributed by atoms with E-state index in [-0.39, 0.29) is 0 Å². The summed E-state index contributed by atoms with van der Waals surface area (Å²) in [5.41, 5.74) is 5.75. The van der Waals surface area contributed by atoms with Crippen LogP contribution in [0.2, 0.25) is 0 Å². The van der Waals surface area contributed by atoms with Crippen molar-refractivity contribution in [3.8, 4) is 10.7 Å². The third kappa shape index (κ3) is 2.08. The Bertz CT molecular complexity index is 505. The van der Waals surface area contributed by atoms with E-state index in [0.29, 0.717) is 17.7 Å². The molecule has 2 N–H and O–H groups in total. The Kier molecular flexibility index (Phi) is 2.64. The van der Waals surface area contributed by atoms with Crippen molar-refractivity contribution in [3.63, 3.8) is 0 Å². The average molecular weight is 247 g/mol. The fraction of sp³-hybridized carbons (Fsp3) is 0.364. The number of thiophene rings is 1. The van der Waals surface area contributed by atoms with Crippen LogP contribution in [0.1, 0.15) is 12.8 Å². The van der Waals surface area contributed by atoms with E-state index in [0.717, 1.165) is 18.0 Å². The van der Waals surface area contributed by atoms with Gasteiger partial charge in [-0.15, -0.1) is 11.3 Å². The van der Waals surface area contributed by atoms with Gasteiger partial charge < -0.3 is 10.6 Å². The third-order valence-electron chi connectivity index (χ3n) is 2.77. The number of nitrogen functional groups attached to an aromatic ring is 1. The van der Waals surface area contributed by atoms with Crippen molar-refractivity contribution in [1.82, 2.24) is 15.0 Å². The van der Waals surface area contributed by atoms with Crippen molar-refractivity contribution in [3.05, 3.63) is 17.5 Å². The summed E-state index contributed by atoms with van der Waals surface area (Å²) in [5, 5.41) is 2.00. The lowest BCUT2D eigenvalue weighted by Gasteiger charge is -2.15. The molecule has 6 heteroatoms. The van der Waals surface area contributed by atoms with Crippen LogP contribution < -0.4 is 10.6 Å². The van der Waals surface area contributed by atoms with Crippen LogP contribution in [0.25, 0.3) is 10.7 Å². The molecule has 0 aromatic carbocycles. The number of rotatable bonds is 2. The predicted octanol–water partition coefficient (Wildman–Crippen LogP) is 1.78. The van der Waals surface area contributed by atoms with E-state index in [4.69, 9.17) is 5.73 Å². The van der Waals surface area contributed by atoms with Crippen molar-refractivity contribution in [1.29, 1.82) is 0 Å². The molecule has 1 saturated heterocycles. The highest BCUT2D eigenvalue weighted by molar-refractivity contribution is 7.13. The van der Waals surface area contributed by atoms with Crippen LogP contribution in [0, 0.1) is 0 Å². The number of nitrogens with zero attached hydrogens (tertiary/aromatic N) is 4. The Balaban J connectivity index is 2.00. The monoisotopic (exact) mass is 247 g/mol. The maximum Gasteiger partial charge on any atom is 0.230 e. The molecule has 0 spiro atoms. The molecule has 0 atom stereocenters. The SMILES string of the molecule is Nc1nc(-c2cccs2)nc(N2CCCC2)n1. The largest absolute Gasteiger partial charge is 0.368 e. The van der Waals surface area contributed by atoms with Crippen LogP contribution >= 0.6 is 11.3 Å². The summed E-state index contributed by atoms with van der Waals surface area (Å²) in [6.45, 7) is 2.01. The Morgan fingerprint density at radius 2 is 2.00 bits per heavy atom. The lowest BCUT2D eigenvalue weighted by molar-refractivity contribution is 0.888. The van der Waals surface area contributed by atoms with Crippen LogP contribution in [0.4, 0.5) is 11.9 Å². The Hall–Kier alpha value is -1.69. The van der Waals surface area contributed by atoms with Crippen LogP contribution in [-0.4, -0.2) is 28.0 Å². The molecule has 88 valence electrons. The van der Waals surface area contributed by atoms with Crippen LogP contribution in [-0.2, 0) is 0 Å². The topological polar surface area (TPSA) is 67.9 Å². The third-order valence-corrected chi connectivity index (χ3v) is 3.64. The minimum absolute atomic E-state index is 0.297. The van der Waals surface area contributed by atoms with Crippen LogP contribution in [0.3, 0.4) is 0 Å². The molecule has 0 bridgehead atoms. The minimum atomic E-state index is 0.297. The lowest BCUT2D eigenvalue weighted by atomic mass is 10.4. The highest BCUT2D eigenvalue weighted by Crippen LogP contribution is 2.24. The molecule has 0 saturated carbocycles. The summed E-state index contributed by atoms with van der Waals surface area (Å²) >= 11 is 1.61.